The number of rotatable bonds is 6. The van der Waals surface area contributed by atoms with Crippen LogP contribution >= 0.6 is 11.3 Å². The van der Waals surface area contributed by atoms with Crippen molar-refractivity contribution in [2.45, 2.75) is 42.6 Å². The molecule has 0 aliphatic rings. The molecule has 1 rings (SSSR count). The lowest BCUT2D eigenvalue weighted by molar-refractivity contribution is -0.192. The van der Waals surface area contributed by atoms with Crippen LogP contribution in [-0.4, -0.2) is 27.2 Å². The van der Waals surface area contributed by atoms with Crippen molar-refractivity contribution < 1.29 is 26.3 Å². The summed E-state index contributed by atoms with van der Waals surface area (Å²) >= 11 is 0.811. The van der Waals surface area contributed by atoms with Gasteiger partial charge >= 0.3 is 6.18 Å². The van der Waals surface area contributed by atoms with E-state index < -0.39 is 21.7 Å². The van der Waals surface area contributed by atoms with Crippen molar-refractivity contribution in [3.8, 4) is 5.75 Å². The van der Waals surface area contributed by atoms with Gasteiger partial charge in [0.25, 0.3) is 10.0 Å². The van der Waals surface area contributed by atoms with Crippen LogP contribution in [0, 0.1) is 0 Å². The molecule has 0 radical (unpaired) electrons. The van der Waals surface area contributed by atoms with Crippen molar-refractivity contribution in [2.24, 2.45) is 0 Å². The molecule has 4 nitrogen and oxygen atoms in total. The first-order chi connectivity index (χ1) is 9.13. The fourth-order valence-corrected chi connectivity index (χ4v) is 4.60. The lowest BCUT2D eigenvalue weighted by Gasteiger charge is -2.34. The number of ether oxygens (including phenoxy) is 1. The Labute approximate surface area is 120 Å². The molecule has 0 aliphatic carbocycles. The van der Waals surface area contributed by atoms with Crippen molar-refractivity contribution in [3.63, 3.8) is 0 Å². The van der Waals surface area contributed by atoms with Crippen molar-refractivity contribution in [1.82, 2.24) is 4.72 Å². The predicted molar refractivity (Wildman–Crippen MR) is 70.6 cm³/mol. The van der Waals surface area contributed by atoms with Gasteiger partial charge < -0.3 is 4.74 Å². The Bertz CT molecular complexity index is 548. The zero-order valence-corrected chi connectivity index (χ0v) is 12.9. The highest BCUT2D eigenvalue weighted by atomic mass is 32.2. The van der Waals surface area contributed by atoms with Gasteiger partial charge in [-0.2, -0.15) is 17.9 Å². The van der Waals surface area contributed by atoms with Crippen molar-refractivity contribution >= 4 is 21.4 Å². The quantitative estimate of drug-likeness (QED) is 0.871. The summed E-state index contributed by atoms with van der Waals surface area (Å²) in [5.74, 6) is 0.0331. The van der Waals surface area contributed by atoms with Crippen LogP contribution < -0.4 is 9.46 Å². The second-order valence-electron chi connectivity index (χ2n) is 4.17. The van der Waals surface area contributed by atoms with E-state index in [9.17, 15) is 21.6 Å². The van der Waals surface area contributed by atoms with Crippen molar-refractivity contribution in [1.29, 1.82) is 0 Å². The average molecular weight is 331 g/mol. The number of thiophene rings is 1. The topological polar surface area (TPSA) is 55.4 Å². The van der Waals surface area contributed by atoms with E-state index in [2.05, 4.69) is 0 Å². The SMILES string of the molecule is CCC(CC)(NS(=O)(=O)c1sccc1OC)C(F)(F)F. The molecule has 1 aromatic heterocycles. The molecule has 0 unspecified atom stereocenters. The second-order valence-corrected chi connectivity index (χ2v) is 6.96. The van der Waals surface area contributed by atoms with E-state index in [1.165, 1.54) is 32.4 Å². The molecule has 0 spiro atoms. The van der Waals surface area contributed by atoms with Crippen molar-refractivity contribution in [2.75, 3.05) is 7.11 Å². The average Bonchev–Trinajstić information content (AvgIpc) is 2.83. The van der Waals surface area contributed by atoms with Crippen LogP contribution in [0.25, 0.3) is 0 Å². The molecule has 1 aromatic rings. The Hall–Kier alpha value is -0.800. The largest absolute Gasteiger partial charge is 0.494 e. The first-order valence-corrected chi connectivity index (χ1v) is 8.22. The molecular formula is C11H16F3NO3S2. The summed E-state index contributed by atoms with van der Waals surface area (Å²) in [7, 11) is -3.04. The second kappa shape index (κ2) is 5.90. The van der Waals surface area contributed by atoms with E-state index in [4.69, 9.17) is 4.74 Å². The minimum atomic E-state index is -4.67. The normalized spacial score (nSPS) is 13.5. The molecule has 116 valence electrons. The van der Waals surface area contributed by atoms with E-state index >= 15 is 0 Å². The summed E-state index contributed by atoms with van der Waals surface area (Å²) < 4.78 is 70.3. The molecule has 0 saturated carbocycles. The molecule has 0 aliphatic heterocycles. The highest BCUT2D eigenvalue weighted by Crippen LogP contribution is 2.38. The van der Waals surface area contributed by atoms with E-state index in [-0.39, 0.29) is 22.8 Å². The molecule has 0 bridgehead atoms. The van der Waals surface area contributed by atoms with Gasteiger partial charge in [-0.05, 0) is 24.3 Å². The van der Waals surface area contributed by atoms with Gasteiger partial charge in [0.15, 0.2) is 4.21 Å². The summed E-state index contributed by atoms with van der Waals surface area (Å²) in [6, 6.07) is 1.40. The number of halogens is 3. The number of hydrogen-bond acceptors (Lipinski definition) is 4. The van der Waals surface area contributed by atoms with Gasteiger partial charge in [-0.15, -0.1) is 11.3 Å². The predicted octanol–water partition coefficient (Wildman–Crippen LogP) is 3.16. The summed E-state index contributed by atoms with van der Waals surface area (Å²) in [5, 5.41) is 1.44. The molecule has 20 heavy (non-hydrogen) atoms. The molecule has 1 N–H and O–H groups in total. The zero-order valence-electron chi connectivity index (χ0n) is 11.2. The highest BCUT2D eigenvalue weighted by molar-refractivity contribution is 7.91. The number of sulfonamides is 1. The minimum Gasteiger partial charge on any atom is -0.494 e. The maximum atomic E-state index is 13.2. The maximum Gasteiger partial charge on any atom is 0.407 e. The van der Waals surface area contributed by atoms with Crippen molar-refractivity contribution in [3.05, 3.63) is 11.4 Å². The van der Waals surface area contributed by atoms with Crippen LogP contribution in [0.3, 0.4) is 0 Å². The van der Waals surface area contributed by atoms with Gasteiger partial charge in [-0.3, -0.25) is 0 Å². The van der Waals surface area contributed by atoms with Gasteiger partial charge in [0.1, 0.15) is 11.3 Å². The Morgan fingerprint density at radius 1 is 1.30 bits per heavy atom. The Morgan fingerprint density at radius 2 is 1.85 bits per heavy atom. The molecule has 0 aromatic carbocycles. The summed E-state index contributed by atoms with van der Waals surface area (Å²) in [6.45, 7) is 2.59. The molecule has 0 atom stereocenters. The Balaban J connectivity index is 3.24. The monoisotopic (exact) mass is 331 g/mol. The van der Waals surface area contributed by atoms with Crippen LogP contribution in [0.1, 0.15) is 26.7 Å². The molecule has 0 saturated heterocycles. The number of methoxy groups -OCH3 is 1. The van der Waals surface area contributed by atoms with E-state index in [1.54, 1.807) is 4.72 Å². The summed E-state index contributed by atoms with van der Waals surface area (Å²) in [6.07, 6.45) is -5.45. The molecule has 1 heterocycles. The van der Waals surface area contributed by atoms with Crippen LogP contribution in [0.2, 0.25) is 0 Å². The minimum absolute atomic E-state index is 0.0331. The van der Waals surface area contributed by atoms with Crippen LogP contribution in [0.15, 0.2) is 15.7 Å². The van der Waals surface area contributed by atoms with E-state index in [0.29, 0.717) is 0 Å². The fraction of sp³-hybridized carbons (Fsp3) is 0.636. The van der Waals surface area contributed by atoms with Crippen LogP contribution in [0.5, 0.6) is 5.75 Å². The third kappa shape index (κ3) is 3.09. The third-order valence-electron chi connectivity index (χ3n) is 3.14. The Kier molecular flexibility index (Phi) is 5.09. The molecular weight excluding hydrogens is 315 g/mol. The summed E-state index contributed by atoms with van der Waals surface area (Å²) in [4.78, 5) is 0. The zero-order chi connectivity index (χ0) is 15.6. The molecule has 0 amide bonds. The smallest absolute Gasteiger partial charge is 0.407 e. The standard InChI is InChI=1S/C11H16F3NO3S2/c1-4-10(5-2,11(12,13)14)15-20(16,17)9-8(18-3)6-7-19-9/h6-7,15H,4-5H2,1-3H3. The number of alkyl halides is 3. The number of hydrogen-bond donors (Lipinski definition) is 1. The molecule has 9 heteroatoms. The van der Waals surface area contributed by atoms with E-state index in [0.717, 1.165) is 11.3 Å². The van der Waals surface area contributed by atoms with Gasteiger partial charge in [0.2, 0.25) is 0 Å². The van der Waals surface area contributed by atoms with Gasteiger partial charge in [0, 0.05) is 0 Å². The number of nitrogens with one attached hydrogen (secondary N) is 1. The lowest BCUT2D eigenvalue weighted by atomic mass is 9.94. The van der Waals surface area contributed by atoms with E-state index in [1.807, 2.05) is 0 Å². The van der Waals surface area contributed by atoms with Gasteiger partial charge in [-0.1, -0.05) is 13.8 Å². The van der Waals surface area contributed by atoms with Gasteiger partial charge in [0.05, 0.1) is 7.11 Å². The third-order valence-corrected chi connectivity index (χ3v) is 6.12. The first-order valence-electron chi connectivity index (χ1n) is 5.85. The lowest BCUT2D eigenvalue weighted by Crippen LogP contribution is -2.57. The van der Waals surface area contributed by atoms with Crippen LogP contribution in [0.4, 0.5) is 13.2 Å². The van der Waals surface area contributed by atoms with Crippen LogP contribution in [-0.2, 0) is 10.0 Å². The highest BCUT2D eigenvalue weighted by Gasteiger charge is 2.54. The first kappa shape index (κ1) is 17.3. The molecule has 0 fully saturated rings. The summed E-state index contributed by atoms with van der Waals surface area (Å²) in [5.41, 5.74) is -2.47. The fourth-order valence-electron chi connectivity index (χ4n) is 1.79. The Morgan fingerprint density at radius 3 is 2.25 bits per heavy atom. The van der Waals surface area contributed by atoms with Gasteiger partial charge in [-0.25, -0.2) is 8.42 Å². The maximum absolute atomic E-state index is 13.2.